The quantitative estimate of drug-likeness (QED) is 0.870. The third kappa shape index (κ3) is 2.64. The first-order chi connectivity index (χ1) is 11.0. The molecule has 0 heterocycles. The first-order valence-corrected chi connectivity index (χ1v) is 8.41. The Balaban J connectivity index is 2.10. The zero-order valence-electron chi connectivity index (χ0n) is 13.9. The molecule has 4 heteroatoms. The number of aryl methyl sites for hydroxylation is 1. The van der Waals surface area contributed by atoms with Crippen molar-refractivity contribution in [1.29, 1.82) is 0 Å². The molecule has 0 amide bonds. The molecule has 1 N–H and O–H groups in total. The van der Waals surface area contributed by atoms with Crippen molar-refractivity contribution in [1.82, 2.24) is 0 Å². The summed E-state index contributed by atoms with van der Waals surface area (Å²) in [4.78, 5) is 23.8. The molecule has 124 valence electrons. The van der Waals surface area contributed by atoms with Crippen molar-refractivity contribution in [2.45, 2.75) is 57.8 Å². The molecule has 1 aromatic carbocycles. The van der Waals surface area contributed by atoms with Crippen molar-refractivity contribution in [2.24, 2.45) is 5.41 Å². The second-order valence-electron chi connectivity index (χ2n) is 7.04. The minimum Gasteiger partial charge on any atom is -0.481 e. The highest BCUT2D eigenvalue weighted by molar-refractivity contribution is 5.80. The Morgan fingerprint density at radius 2 is 1.96 bits per heavy atom. The number of rotatable bonds is 3. The van der Waals surface area contributed by atoms with Crippen LogP contribution >= 0.6 is 0 Å². The minimum absolute atomic E-state index is 0.0304. The van der Waals surface area contributed by atoms with Crippen molar-refractivity contribution in [3.63, 3.8) is 0 Å². The molecule has 0 radical (unpaired) electrons. The lowest BCUT2D eigenvalue weighted by Crippen LogP contribution is -2.40. The maximum Gasteiger partial charge on any atom is 0.312 e. The predicted octanol–water partition coefficient (Wildman–Crippen LogP) is 3.25. The van der Waals surface area contributed by atoms with Crippen molar-refractivity contribution in [2.75, 3.05) is 7.11 Å². The van der Waals surface area contributed by atoms with Crippen LogP contribution in [0.2, 0.25) is 0 Å². The Morgan fingerprint density at radius 3 is 2.65 bits per heavy atom. The molecule has 0 fully saturated rings. The smallest absolute Gasteiger partial charge is 0.312 e. The van der Waals surface area contributed by atoms with Crippen LogP contribution in [-0.4, -0.2) is 24.2 Å². The first kappa shape index (κ1) is 16.0. The number of carbonyl (C=O) groups excluding carboxylic acids is 1. The number of carbonyl (C=O) groups is 2. The molecule has 0 saturated heterocycles. The summed E-state index contributed by atoms with van der Waals surface area (Å²) in [6.07, 6.45) is 6.07. The summed E-state index contributed by atoms with van der Waals surface area (Å²) >= 11 is 0. The van der Waals surface area contributed by atoms with Crippen molar-refractivity contribution in [3.05, 3.63) is 34.4 Å². The maximum absolute atomic E-state index is 12.4. The van der Waals surface area contributed by atoms with Gasteiger partial charge < -0.3 is 9.84 Å². The Morgan fingerprint density at radius 1 is 1.22 bits per heavy atom. The largest absolute Gasteiger partial charge is 0.481 e. The van der Waals surface area contributed by atoms with Gasteiger partial charge in [-0.2, -0.15) is 0 Å². The topological polar surface area (TPSA) is 63.6 Å². The Kier molecular flexibility index (Phi) is 4.17. The van der Waals surface area contributed by atoms with E-state index in [2.05, 4.69) is 12.1 Å². The van der Waals surface area contributed by atoms with Crippen LogP contribution in [0.1, 0.15) is 60.8 Å². The third-order valence-corrected chi connectivity index (χ3v) is 5.76. The summed E-state index contributed by atoms with van der Waals surface area (Å²) in [6, 6.07) is 4.21. The summed E-state index contributed by atoms with van der Waals surface area (Å²) in [5.41, 5.74) is 4.41. The first-order valence-electron chi connectivity index (χ1n) is 8.41. The van der Waals surface area contributed by atoms with Crippen molar-refractivity contribution >= 4 is 11.9 Å². The van der Waals surface area contributed by atoms with E-state index in [4.69, 9.17) is 4.74 Å². The fourth-order valence-electron chi connectivity index (χ4n) is 4.43. The molecule has 0 unspecified atom stereocenters. The average Bonchev–Trinajstić information content (AvgIpc) is 2.56. The Hall–Kier alpha value is -1.84. The van der Waals surface area contributed by atoms with Gasteiger partial charge in [-0.1, -0.05) is 12.1 Å². The molecule has 0 aliphatic heterocycles. The van der Waals surface area contributed by atoms with E-state index >= 15 is 0 Å². The molecule has 0 aromatic heterocycles. The molecule has 0 bridgehead atoms. The average molecular weight is 316 g/mol. The van der Waals surface area contributed by atoms with E-state index in [-0.39, 0.29) is 18.3 Å². The van der Waals surface area contributed by atoms with Gasteiger partial charge in [0.05, 0.1) is 18.9 Å². The summed E-state index contributed by atoms with van der Waals surface area (Å²) in [7, 11) is 1.38. The lowest BCUT2D eigenvalue weighted by Gasteiger charge is -2.41. The lowest BCUT2D eigenvalue weighted by molar-refractivity contribution is -0.155. The predicted molar refractivity (Wildman–Crippen MR) is 86.5 cm³/mol. The van der Waals surface area contributed by atoms with E-state index in [1.807, 2.05) is 6.92 Å². The minimum atomic E-state index is -0.865. The number of hydrogen-bond acceptors (Lipinski definition) is 3. The summed E-state index contributed by atoms with van der Waals surface area (Å²) in [5, 5.41) is 9.36. The number of benzene rings is 1. The third-order valence-electron chi connectivity index (χ3n) is 5.76. The Labute approximate surface area is 136 Å². The van der Waals surface area contributed by atoms with E-state index in [9.17, 15) is 14.7 Å². The fourth-order valence-corrected chi connectivity index (χ4v) is 4.43. The van der Waals surface area contributed by atoms with E-state index < -0.39 is 11.4 Å². The number of methoxy groups -OCH3 is 1. The molecular weight excluding hydrogens is 292 g/mol. The van der Waals surface area contributed by atoms with E-state index in [1.165, 1.54) is 36.6 Å². The Bertz CT molecular complexity index is 649. The van der Waals surface area contributed by atoms with Gasteiger partial charge in [0.1, 0.15) is 0 Å². The van der Waals surface area contributed by atoms with E-state index in [1.54, 1.807) is 0 Å². The van der Waals surface area contributed by atoms with Crippen LogP contribution in [0.4, 0.5) is 0 Å². The number of aliphatic carboxylic acids is 1. The number of carboxylic acids is 1. The van der Waals surface area contributed by atoms with Crippen molar-refractivity contribution < 1.29 is 19.4 Å². The van der Waals surface area contributed by atoms with Crippen LogP contribution in [-0.2, 0) is 33.6 Å². The summed E-state index contributed by atoms with van der Waals surface area (Å²) < 4.78 is 5.00. The number of fused-ring (bicyclic) bond motifs is 3. The van der Waals surface area contributed by atoms with Crippen LogP contribution in [0.3, 0.4) is 0 Å². The molecule has 2 atom stereocenters. The molecule has 2 aliphatic rings. The number of carboxylic acid groups (broad SMARTS) is 1. The number of ether oxygens (including phenoxy) is 1. The second-order valence-corrected chi connectivity index (χ2v) is 7.04. The maximum atomic E-state index is 12.4. The van der Waals surface area contributed by atoms with Crippen LogP contribution in [0, 0.1) is 5.41 Å². The normalized spacial score (nSPS) is 26.1. The second kappa shape index (κ2) is 5.99. The zero-order chi connectivity index (χ0) is 16.6. The standard InChI is InChI=1S/C19H24O4/c1-19(18(22)23-2)10-9-14-13-6-4-3-5-12(13)7-8-15(14)16(19)11-17(20)21/h7-8,16H,3-6,9-11H2,1-2H3,(H,20,21)/t16-,19+/m1/s1. The summed E-state index contributed by atoms with van der Waals surface area (Å²) in [5.74, 6) is -1.48. The van der Waals surface area contributed by atoms with Gasteiger partial charge in [0.25, 0.3) is 0 Å². The van der Waals surface area contributed by atoms with Gasteiger partial charge in [0.2, 0.25) is 0 Å². The molecule has 2 aliphatic carbocycles. The zero-order valence-corrected chi connectivity index (χ0v) is 13.9. The monoisotopic (exact) mass is 316 g/mol. The van der Waals surface area contributed by atoms with Gasteiger partial charge in [-0.15, -0.1) is 0 Å². The van der Waals surface area contributed by atoms with Crippen molar-refractivity contribution in [3.8, 4) is 0 Å². The SMILES string of the molecule is COC(=O)[C@@]1(C)CCc2c(ccc3c2CCCC3)[C@H]1CC(=O)O. The molecule has 0 spiro atoms. The highest BCUT2D eigenvalue weighted by atomic mass is 16.5. The van der Waals surface area contributed by atoms with Gasteiger partial charge in [0, 0.05) is 5.92 Å². The van der Waals surface area contributed by atoms with E-state index in [0.717, 1.165) is 24.8 Å². The van der Waals surface area contributed by atoms with Gasteiger partial charge in [-0.3, -0.25) is 9.59 Å². The van der Waals surface area contributed by atoms with E-state index in [0.29, 0.717) is 6.42 Å². The highest BCUT2D eigenvalue weighted by Gasteiger charge is 2.47. The highest BCUT2D eigenvalue weighted by Crippen LogP contribution is 2.49. The van der Waals surface area contributed by atoms with Gasteiger partial charge in [-0.25, -0.2) is 0 Å². The van der Waals surface area contributed by atoms with Crippen LogP contribution in [0.15, 0.2) is 12.1 Å². The molecule has 4 nitrogen and oxygen atoms in total. The molecule has 0 saturated carbocycles. The number of esters is 1. The molecular formula is C19H24O4. The molecule has 3 rings (SSSR count). The van der Waals surface area contributed by atoms with Gasteiger partial charge >= 0.3 is 11.9 Å². The molecule has 23 heavy (non-hydrogen) atoms. The molecule has 1 aromatic rings. The number of hydrogen-bond donors (Lipinski definition) is 1. The summed E-state index contributed by atoms with van der Waals surface area (Å²) in [6.45, 7) is 1.86. The van der Waals surface area contributed by atoms with Gasteiger partial charge in [-0.05, 0) is 67.7 Å². The van der Waals surface area contributed by atoms with Crippen LogP contribution < -0.4 is 0 Å². The lowest BCUT2D eigenvalue weighted by atomic mass is 9.62. The van der Waals surface area contributed by atoms with Gasteiger partial charge in [0.15, 0.2) is 0 Å². The van der Waals surface area contributed by atoms with Crippen LogP contribution in [0.5, 0.6) is 0 Å². The fraction of sp³-hybridized carbons (Fsp3) is 0.579. The van der Waals surface area contributed by atoms with Crippen LogP contribution in [0.25, 0.3) is 0 Å².